The SMILES string of the molecule is CC(=O)c1ccc(CN(C(=O)Nc2cccc(C)c2)C2N=C(c3ccccc3F)c3ccccc3NC2=O)o1. The monoisotopic (exact) mass is 524 g/mol. The minimum absolute atomic E-state index is 0.123. The van der Waals surface area contributed by atoms with Crippen molar-refractivity contribution in [3.63, 3.8) is 0 Å². The van der Waals surface area contributed by atoms with Gasteiger partial charge in [0.05, 0.1) is 17.9 Å². The fourth-order valence-electron chi connectivity index (χ4n) is 4.33. The van der Waals surface area contributed by atoms with E-state index in [1.165, 1.54) is 24.0 Å². The van der Waals surface area contributed by atoms with Gasteiger partial charge in [-0.3, -0.25) is 14.5 Å². The van der Waals surface area contributed by atoms with Crippen LogP contribution in [-0.2, 0) is 11.3 Å². The Morgan fingerprint density at radius 1 is 1.00 bits per heavy atom. The van der Waals surface area contributed by atoms with E-state index in [2.05, 4.69) is 15.6 Å². The number of benzene rings is 3. The fraction of sp³-hybridized carbons (Fsp3) is 0.133. The average molecular weight is 525 g/mol. The molecule has 0 bridgehead atoms. The highest BCUT2D eigenvalue weighted by molar-refractivity contribution is 6.20. The van der Waals surface area contributed by atoms with Gasteiger partial charge in [0.1, 0.15) is 11.6 Å². The molecule has 0 saturated heterocycles. The lowest BCUT2D eigenvalue weighted by molar-refractivity contribution is -0.120. The second-order valence-electron chi connectivity index (χ2n) is 9.12. The summed E-state index contributed by atoms with van der Waals surface area (Å²) in [5.74, 6) is -0.993. The van der Waals surface area contributed by atoms with Crippen LogP contribution in [0.25, 0.3) is 0 Å². The number of rotatable bonds is 6. The summed E-state index contributed by atoms with van der Waals surface area (Å²) in [6, 6.07) is 22.7. The van der Waals surface area contributed by atoms with Crippen LogP contribution in [0.5, 0.6) is 0 Å². The summed E-state index contributed by atoms with van der Waals surface area (Å²) in [4.78, 5) is 44.9. The first kappa shape index (κ1) is 25.6. The van der Waals surface area contributed by atoms with Crippen LogP contribution in [0, 0.1) is 12.7 Å². The topological polar surface area (TPSA) is 104 Å². The summed E-state index contributed by atoms with van der Waals surface area (Å²) in [5, 5.41) is 5.64. The summed E-state index contributed by atoms with van der Waals surface area (Å²) < 4.78 is 20.6. The molecule has 1 unspecified atom stereocenters. The van der Waals surface area contributed by atoms with Gasteiger partial charge in [0.2, 0.25) is 6.17 Å². The predicted molar refractivity (Wildman–Crippen MR) is 145 cm³/mol. The number of para-hydroxylation sites is 1. The zero-order valence-electron chi connectivity index (χ0n) is 21.3. The summed E-state index contributed by atoms with van der Waals surface area (Å²) in [6.07, 6.45) is -1.40. The van der Waals surface area contributed by atoms with Gasteiger partial charge in [-0.2, -0.15) is 0 Å². The van der Waals surface area contributed by atoms with Gasteiger partial charge >= 0.3 is 6.03 Å². The van der Waals surface area contributed by atoms with E-state index in [1.807, 2.05) is 13.0 Å². The van der Waals surface area contributed by atoms with E-state index in [0.717, 1.165) is 5.56 Å². The summed E-state index contributed by atoms with van der Waals surface area (Å²) in [6.45, 7) is 3.07. The average Bonchev–Trinajstić information content (AvgIpc) is 3.33. The molecule has 196 valence electrons. The number of hydrogen-bond donors (Lipinski definition) is 2. The number of anilines is 2. The molecule has 5 rings (SSSR count). The van der Waals surface area contributed by atoms with Crippen molar-refractivity contribution in [2.75, 3.05) is 10.6 Å². The van der Waals surface area contributed by atoms with Crippen molar-refractivity contribution in [3.05, 3.63) is 119 Å². The van der Waals surface area contributed by atoms with Crippen molar-refractivity contribution in [2.24, 2.45) is 4.99 Å². The first-order chi connectivity index (χ1) is 18.8. The number of amides is 3. The van der Waals surface area contributed by atoms with Crippen LogP contribution in [-0.4, -0.2) is 34.5 Å². The largest absolute Gasteiger partial charge is 0.456 e. The second kappa shape index (κ2) is 10.7. The maximum Gasteiger partial charge on any atom is 0.324 e. The van der Waals surface area contributed by atoms with Crippen LogP contribution in [0.2, 0.25) is 0 Å². The van der Waals surface area contributed by atoms with Crippen molar-refractivity contribution < 1.29 is 23.2 Å². The molecule has 0 saturated carbocycles. The molecule has 8 nitrogen and oxygen atoms in total. The van der Waals surface area contributed by atoms with E-state index < -0.39 is 23.9 Å². The standard InChI is InChI=1S/C30H25FN4O4/c1-18-8-7-9-20(16-18)32-30(38)35(17-21-14-15-26(39-21)19(2)36)28-29(37)33-25-13-6-4-11-23(25)27(34-28)22-10-3-5-12-24(22)31/h3-16,28H,17H2,1-2H3,(H,32,38)(H,33,37). The number of halogens is 1. The Kier molecular flexibility index (Phi) is 7.05. The lowest BCUT2D eigenvalue weighted by atomic mass is 10.0. The highest BCUT2D eigenvalue weighted by Crippen LogP contribution is 2.27. The van der Waals surface area contributed by atoms with Gasteiger partial charge in [0.15, 0.2) is 11.5 Å². The van der Waals surface area contributed by atoms with Crippen molar-refractivity contribution in [3.8, 4) is 0 Å². The molecular formula is C30H25FN4O4. The number of carbonyl (C=O) groups is 3. The van der Waals surface area contributed by atoms with Crippen molar-refractivity contribution in [1.82, 2.24) is 4.90 Å². The number of furan rings is 1. The highest BCUT2D eigenvalue weighted by Gasteiger charge is 2.35. The van der Waals surface area contributed by atoms with Crippen LogP contribution in [0.4, 0.5) is 20.6 Å². The Balaban J connectivity index is 1.61. The number of aliphatic imine (C=N–C) groups is 1. The number of ketones is 1. The Bertz CT molecular complexity index is 1610. The number of benzodiazepines with no additional fused rings is 1. The van der Waals surface area contributed by atoms with Crippen LogP contribution in [0.15, 0.2) is 94.3 Å². The summed E-state index contributed by atoms with van der Waals surface area (Å²) in [5.41, 5.74) is 2.78. The molecule has 1 atom stereocenters. The molecule has 2 heterocycles. The highest BCUT2D eigenvalue weighted by atomic mass is 19.1. The number of nitrogens with one attached hydrogen (secondary N) is 2. The van der Waals surface area contributed by atoms with Crippen LogP contribution in [0.3, 0.4) is 0 Å². The van der Waals surface area contributed by atoms with E-state index in [4.69, 9.17) is 4.42 Å². The minimum atomic E-state index is -1.40. The molecule has 0 aliphatic carbocycles. The van der Waals surface area contributed by atoms with Gasteiger partial charge in [0, 0.05) is 23.7 Å². The quantitative estimate of drug-likeness (QED) is 0.312. The van der Waals surface area contributed by atoms with E-state index in [0.29, 0.717) is 16.9 Å². The number of hydrogen-bond acceptors (Lipinski definition) is 5. The minimum Gasteiger partial charge on any atom is -0.456 e. The fourth-order valence-corrected chi connectivity index (χ4v) is 4.33. The first-order valence-electron chi connectivity index (χ1n) is 12.3. The number of Topliss-reactive ketones (excluding diaryl/α,β-unsaturated/α-hetero) is 1. The smallest absolute Gasteiger partial charge is 0.324 e. The molecule has 2 N–H and O–H groups in total. The third-order valence-corrected chi connectivity index (χ3v) is 6.22. The zero-order valence-corrected chi connectivity index (χ0v) is 21.3. The molecule has 1 aromatic heterocycles. The molecule has 39 heavy (non-hydrogen) atoms. The van der Waals surface area contributed by atoms with E-state index >= 15 is 4.39 Å². The third kappa shape index (κ3) is 5.47. The molecule has 4 aromatic rings. The Hall–Kier alpha value is -5.05. The zero-order chi connectivity index (χ0) is 27.5. The number of aryl methyl sites for hydroxylation is 1. The predicted octanol–water partition coefficient (Wildman–Crippen LogP) is 5.78. The number of carbonyl (C=O) groups excluding carboxylic acids is 3. The van der Waals surface area contributed by atoms with Gasteiger partial charge in [-0.25, -0.2) is 14.2 Å². The number of nitrogens with zero attached hydrogens (tertiary/aromatic N) is 2. The maximum absolute atomic E-state index is 15.0. The Morgan fingerprint density at radius 2 is 1.74 bits per heavy atom. The Labute approximate surface area is 224 Å². The van der Waals surface area contributed by atoms with Crippen molar-refractivity contribution in [2.45, 2.75) is 26.6 Å². The molecule has 9 heteroatoms. The van der Waals surface area contributed by atoms with Gasteiger partial charge in [0.25, 0.3) is 5.91 Å². The van der Waals surface area contributed by atoms with Gasteiger partial charge in [-0.05, 0) is 55.0 Å². The van der Waals surface area contributed by atoms with E-state index in [-0.39, 0.29) is 35.1 Å². The molecule has 0 fully saturated rings. The molecular weight excluding hydrogens is 499 g/mol. The molecule has 0 spiro atoms. The second-order valence-corrected chi connectivity index (χ2v) is 9.12. The van der Waals surface area contributed by atoms with Crippen molar-refractivity contribution >= 4 is 34.8 Å². The molecule has 0 radical (unpaired) electrons. The summed E-state index contributed by atoms with van der Waals surface area (Å²) in [7, 11) is 0. The normalized spacial score (nSPS) is 14.5. The lowest BCUT2D eigenvalue weighted by Gasteiger charge is -2.27. The van der Waals surface area contributed by atoms with Gasteiger partial charge in [-0.1, -0.05) is 42.5 Å². The maximum atomic E-state index is 15.0. The molecule has 3 amide bonds. The lowest BCUT2D eigenvalue weighted by Crippen LogP contribution is -2.47. The molecule has 3 aromatic carbocycles. The Morgan fingerprint density at radius 3 is 2.46 bits per heavy atom. The first-order valence-corrected chi connectivity index (χ1v) is 12.3. The van der Waals surface area contributed by atoms with Crippen LogP contribution < -0.4 is 10.6 Å². The third-order valence-electron chi connectivity index (χ3n) is 6.22. The molecule has 1 aliphatic rings. The number of urea groups is 1. The van der Waals surface area contributed by atoms with E-state index in [9.17, 15) is 14.4 Å². The van der Waals surface area contributed by atoms with Crippen LogP contribution >= 0.6 is 0 Å². The van der Waals surface area contributed by atoms with Gasteiger partial charge in [-0.15, -0.1) is 0 Å². The number of fused-ring (bicyclic) bond motifs is 1. The summed E-state index contributed by atoms with van der Waals surface area (Å²) >= 11 is 0. The van der Waals surface area contributed by atoms with Crippen LogP contribution in [0.1, 0.15) is 39.9 Å². The molecule has 1 aliphatic heterocycles. The van der Waals surface area contributed by atoms with Crippen molar-refractivity contribution in [1.29, 1.82) is 0 Å². The van der Waals surface area contributed by atoms with E-state index in [1.54, 1.807) is 66.7 Å². The van der Waals surface area contributed by atoms with Gasteiger partial charge < -0.3 is 15.1 Å².